The van der Waals surface area contributed by atoms with E-state index in [1.165, 1.54) is 18.2 Å². The molecular weight excluding hydrogens is 473 g/mol. The summed E-state index contributed by atoms with van der Waals surface area (Å²) in [6, 6.07) is 14.7. The molecule has 3 aromatic carbocycles. The van der Waals surface area contributed by atoms with Crippen LogP contribution in [-0.4, -0.2) is 32.1 Å². The predicted octanol–water partition coefficient (Wildman–Crippen LogP) is 5.27. The maximum Gasteiger partial charge on any atom is 0.416 e. The smallest absolute Gasteiger partial charge is 0.267 e. The summed E-state index contributed by atoms with van der Waals surface area (Å²) in [6.45, 7) is 0. The largest absolute Gasteiger partial charge is 0.416 e. The third-order valence-electron chi connectivity index (χ3n) is 5.28. The number of carbonyl (C=O) groups excluding carboxylic acids is 3. The predicted molar refractivity (Wildman–Crippen MR) is 121 cm³/mol. The van der Waals surface area contributed by atoms with Crippen molar-refractivity contribution in [1.29, 1.82) is 0 Å². The minimum absolute atomic E-state index is 0.130. The molecule has 0 bridgehead atoms. The molecule has 3 aromatic rings. The molecule has 1 fully saturated rings. The zero-order chi connectivity index (χ0) is 23.5. The molecule has 10 heteroatoms. The van der Waals surface area contributed by atoms with Gasteiger partial charge in [0.15, 0.2) is 4.32 Å². The average Bonchev–Trinajstić information content (AvgIpc) is 3.05. The Labute approximate surface area is 194 Å². The first-order valence-corrected chi connectivity index (χ1v) is 10.8. The number of amides is 3. The van der Waals surface area contributed by atoms with Crippen LogP contribution in [0.25, 0.3) is 16.8 Å². The fraction of sp³-hybridized carbons (Fsp3) is 0.0435. The van der Waals surface area contributed by atoms with E-state index in [1.807, 2.05) is 0 Å². The lowest BCUT2D eigenvalue weighted by Crippen LogP contribution is -2.53. The summed E-state index contributed by atoms with van der Waals surface area (Å²) in [5.41, 5.74) is -0.691. The Kier molecular flexibility index (Phi) is 4.87. The van der Waals surface area contributed by atoms with Gasteiger partial charge in [-0.25, -0.2) is 0 Å². The van der Waals surface area contributed by atoms with E-state index < -0.39 is 29.5 Å². The van der Waals surface area contributed by atoms with Crippen molar-refractivity contribution in [3.63, 3.8) is 0 Å². The quantitative estimate of drug-likeness (QED) is 0.282. The van der Waals surface area contributed by atoms with Gasteiger partial charge in [-0.15, -0.1) is 0 Å². The molecule has 0 N–H and O–H groups in total. The Morgan fingerprint density at radius 1 is 0.788 bits per heavy atom. The zero-order valence-electron chi connectivity index (χ0n) is 16.4. The second-order valence-electron chi connectivity index (χ2n) is 7.21. The highest BCUT2D eigenvalue weighted by molar-refractivity contribution is 8.26. The van der Waals surface area contributed by atoms with Gasteiger partial charge in [0.2, 0.25) is 0 Å². The molecule has 0 aromatic heterocycles. The molecule has 1 saturated heterocycles. The van der Waals surface area contributed by atoms with E-state index in [-0.39, 0.29) is 25.9 Å². The van der Waals surface area contributed by atoms with Crippen LogP contribution in [-0.2, 0) is 11.0 Å². The highest BCUT2D eigenvalue weighted by atomic mass is 32.2. The Hall–Kier alpha value is -3.50. The third-order valence-corrected chi connectivity index (χ3v) is 6.56. The van der Waals surface area contributed by atoms with E-state index in [0.29, 0.717) is 15.8 Å². The third kappa shape index (κ3) is 3.33. The molecule has 3 amide bonds. The molecule has 0 aliphatic carbocycles. The molecule has 5 nitrogen and oxygen atoms in total. The summed E-state index contributed by atoms with van der Waals surface area (Å²) in [5, 5.41) is 2.58. The van der Waals surface area contributed by atoms with E-state index in [2.05, 4.69) is 0 Å². The van der Waals surface area contributed by atoms with Gasteiger partial charge in [0, 0.05) is 5.39 Å². The molecule has 0 saturated carbocycles. The lowest BCUT2D eigenvalue weighted by molar-refractivity contribution is -0.137. The van der Waals surface area contributed by atoms with Crippen LogP contribution in [0.3, 0.4) is 0 Å². The van der Waals surface area contributed by atoms with Gasteiger partial charge in [0.25, 0.3) is 17.7 Å². The number of imide groups is 1. The number of hydrogen-bond acceptors (Lipinski definition) is 5. The topological polar surface area (TPSA) is 57.7 Å². The number of rotatable bonds is 2. The van der Waals surface area contributed by atoms with Gasteiger partial charge in [0.1, 0.15) is 0 Å². The summed E-state index contributed by atoms with van der Waals surface area (Å²) in [4.78, 5) is 39.5. The summed E-state index contributed by atoms with van der Waals surface area (Å²) in [7, 11) is 0. The van der Waals surface area contributed by atoms with Gasteiger partial charge in [-0.05, 0) is 47.4 Å². The lowest BCUT2D eigenvalue weighted by Gasteiger charge is -2.32. The van der Waals surface area contributed by atoms with Gasteiger partial charge in [-0.1, -0.05) is 54.2 Å². The minimum atomic E-state index is -4.62. The second-order valence-corrected chi connectivity index (χ2v) is 8.89. The number of benzene rings is 3. The number of thioether (sulfide) groups is 1. The first-order valence-electron chi connectivity index (χ1n) is 9.53. The van der Waals surface area contributed by atoms with E-state index >= 15 is 0 Å². The average molecular weight is 484 g/mol. The van der Waals surface area contributed by atoms with Crippen LogP contribution in [0.15, 0.2) is 65.6 Å². The normalized spacial score (nSPS) is 17.6. The number of halogens is 3. The van der Waals surface area contributed by atoms with Crippen LogP contribution < -0.4 is 0 Å². The molecule has 5 rings (SSSR count). The molecule has 2 heterocycles. The standard InChI is InChI=1S/C23H11F3N2O3S2/c24-23(25,26)16-10-2-1-5-13(16)11-17-21(31)28(22(32)33-17)27-19(29)14-8-3-6-12-7-4-9-15(18(12)14)20(27)30/h1-11H/b17-11-. The fourth-order valence-electron chi connectivity index (χ4n) is 3.85. The molecule has 164 valence electrons. The molecule has 2 aliphatic heterocycles. The molecule has 0 unspecified atom stereocenters. The van der Waals surface area contributed by atoms with Gasteiger partial charge >= 0.3 is 6.18 Å². The van der Waals surface area contributed by atoms with Gasteiger partial charge < -0.3 is 0 Å². The molecule has 0 atom stereocenters. The van der Waals surface area contributed by atoms with Crippen LogP contribution in [0.4, 0.5) is 13.2 Å². The molecule has 0 radical (unpaired) electrons. The number of thiocarbonyl (C=S) groups is 1. The van der Waals surface area contributed by atoms with Gasteiger partial charge in [-0.2, -0.15) is 23.2 Å². The maximum atomic E-state index is 13.4. The Bertz CT molecular complexity index is 1380. The summed E-state index contributed by atoms with van der Waals surface area (Å²) >= 11 is 5.97. The number of alkyl halides is 3. The minimum Gasteiger partial charge on any atom is -0.267 e. The van der Waals surface area contributed by atoms with Crippen molar-refractivity contribution < 1.29 is 27.6 Å². The van der Waals surface area contributed by atoms with Gasteiger partial charge in [0.05, 0.1) is 21.6 Å². The highest BCUT2D eigenvalue weighted by Gasteiger charge is 2.45. The maximum absolute atomic E-state index is 13.4. The van der Waals surface area contributed by atoms with Gasteiger partial charge in [-0.3, -0.25) is 14.4 Å². The summed E-state index contributed by atoms with van der Waals surface area (Å²) in [5.74, 6) is -2.33. The monoisotopic (exact) mass is 484 g/mol. The van der Waals surface area contributed by atoms with E-state index in [4.69, 9.17) is 12.2 Å². The zero-order valence-corrected chi connectivity index (χ0v) is 18.1. The Balaban J connectivity index is 1.57. The molecular formula is C23H11F3N2O3S2. The van der Waals surface area contributed by atoms with Crippen molar-refractivity contribution in [2.75, 3.05) is 0 Å². The fourth-order valence-corrected chi connectivity index (χ4v) is 5.09. The van der Waals surface area contributed by atoms with Crippen molar-refractivity contribution in [3.8, 4) is 0 Å². The van der Waals surface area contributed by atoms with Crippen LogP contribution >= 0.6 is 24.0 Å². The van der Waals surface area contributed by atoms with Crippen LogP contribution in [0.5, 0.6) is 0 Å². The van der Waals surface area contributed by atoms with Crippen molar-refractivity contribution in [2.45, 2.75) is 6.18 Å². The summed E-state index contributed by atoms with van der Waals surface area (Å²) < 4.78 is 39.9. The SMILES string of the molecule is O=C1/C(=C/c2ccccc2C(F)(F)F)SC(=S)N1N1C(=O)c2cccc3cccc(c23)C1=O. The molecule has 33 heavy (non-hydrogen) atoms. The Morgan fingerprint density at radius 2 is 1.39 bits per heavy atom. The second kappa shape index (κ2) is 7.53. The van der Waals surface area contributed by atoms with Crippen molar-refractivity contribution in [1.82, 2.24) is 10.0 Å². The van der Waals surface area contributed by atoms with Crippen molar-refractivity contribution >= 4 is 62.9 Å². The van der Waals surface area contributed by atoms with E-state index in [1.54, 1.807) is 36.4 Å². The number of hydrogen-bond donors (Lipinski definition) is 0. The number of hydrazine groups is 1. The molecule has 0 spiro atoms. The first kappa shape index (κ1) is 21.4. The summed E-state index contributed by atoms with van der Waals surface area (Å²) in [6.07, 6.45) is -3.56. The lowest BCUT2D eigenvalue weighted by atomic mass is 9.95. The van der Waals surface area contributed by atoms with Crippen molar-refractivity contribution in [3.05, 3.63) is 87.8 Å². The Morgan fingerprint density at radius 3 is 2.00 bits per heavy atom. The van der Waals surface area contributed by atoms with E-state index in [0.717, 1.165) is 28.9 Å². The van der Waals surface area contributed by atoms with Crippen LogP contribution in [0.1, 0.15) is 31.8 Å². The number of nitrogens with zero attached hydrogens (tertiary/aromatic N) is 2. The van der Waals surface area contributed by atoms with Crippen LogP contribution in [0, 0.1) is 0 Å². The van der Waals surface area contributed by atoms with E-state index in [9.17, 15) is 27.6 Å². The first-order chi connectivity index (χ1) is 15.7. The highest BCUT2D eigenvalue weighted by Crippen LogP contribution is 2.39. The van der Waals surface area contributed by atoms with Crippen LogP contribution in [0.2, 0.25) is 0 Å². The number of carbonyl (C=O) groups is 3. The molecule has 2 aliphatic rings. The van der Waals surface area contributed by atoms with Crippen molar-refractivity contribution in [2.24, 2.45) is 0 Å².